The first-order valence-electron chi connectivity index (χ1n) is 10.1. The number of nitrogens with one attached hydrogen (secondary N) is 2. The standard InChI is InChI=1S/C24H25ClN4O3/c1-13(2)28-23(31)19-10-15(12-27-22(19)26)18-9-8-16(11-20(18)25)29-24(32)21(30)17-7-5-4-6-14(17)3/h4-13,21,30H,1-3H3,(H2,26,27)(H,28,31)(H,29,32)/t21-/m0/s1. The van der Waals surface area contributed by atoms with Crippen LogP contribution in [0.25, 0.3) is 11.1 Å². The normalized spacial score (nSPS) is 11.8. The van der Waals surface area contributed by atoms with Gasteiger partial charge in [-0.3, -0.25) is 9.59 Å². The van der Waals surface area contributed by atoms with Crippen LogP contribution in [0.4, 0.5) is 11.5 Å². The van der Waals surface area contributed by atoms with Crippen molar-refractivity contribution >= 4 is 34.9 Å². The molecule has 2 aromatic carbocycles. The van der Waals surface area contributed by atoms with Crippen LogP contribution in [0.3, 0.4) is 0 Å². The summed E-state index contributed by atoms with van der Waals surface area (Å²) in [4.78, 5) is 29.0. The molecule has 0 aliphatic carbocycles. The molecule has 1 aromatic heterocycles. The summed E-state index contributed by atoms with van der Waals surface area (Å²) in [6, 6.07) is 13.7. The molecule has 8 heteroatoms. The number of anilines is 2. The molecule has 0 saturated heterocycles. The van der Waals surface area contributed by atoms with Gasteiger partial charge in [-0.2, -0.15) is 0 Å². The average molecular weight is 453 g/mol. The van der Waals surface area contributed by atoms with Gasteiger partial charge in [0.25, 0.3) is 11.8 Å². The smallest absolute Gasteiger partial charge is 0.257 e. The average Bonchev–Trinajstić information content (AvgIpc) is 2.73. The van der Waals surface area contributed by atoms with E-state index in [-0.39, 0.29) is 23.3 Å². The van der Waals surface area contributed by atoms with Gasteiger partial charge < -0.3 is 21.5 Å². The fraction of sp³-hybridized carbons (Fsp3) is 0.208. The highest BCUT2D eigenvalue weighted by Gasteiger charge is 2.20. The fourth-order valence-electron chi connectivity index (χ4n) is 3.22. The van der Waals surface area contributed by atoms with Crippen LogP contribution < -0.4 is 16.4 Å². The zero-order chi connectivity index (χ0) is 23.4. The first kappa shape index (κ1) is 23.2. The van der Waals surface area contributed by atoms with Crippen molar-refractivity contribution < 1.29 is 14.7 Å². The van der Waals surface area contributed by atoms with Crippen LogP contribution in [0.2, 0.25) is 5.02 Å². The minimum Gasteiger partial charge on any atom is -0.383 e. The van der Waals surface area contributed by atoms with E-state index in [1.807, 2.05) is 32.9 Å². The Morgan fingerprint density at radius 2 is 1.84 bits per heavy atom. The molecule has 0 spiro atoms. The number of carbonyl (C=O) groups is 2. The van der Waals surface area contributed by atoms with E-state index < -0.39 is 12.0 Å². The summed E-state index contributed by atoms with van der Waals surface area (Å²) in [5.41, 5.74) is 9.14. The molecule has 0 aliphatic heterocycles. The second-order valence-electron chi connectivity index (χ2n) is 7.73. The number of hydrogen-bond donors (Lipinski definition) is 4. The van der Waals surface area contributed by atoms with E-state index in [4.69, 9.17) is 17.3 Å². The first-order chi connectivity index (χ1) is 15.2. The van der Waals surface area contributed by atoms with Crippen LogP contribution in [0.1, 0.15) is 41.4 Å². The number of aromatic nitrogens is 1. The van der Waals surface area contributed by atoms with Gasteiger partial charge >= 0.3 is 0 Å². The molecular weight excluding hydrogens is 428 g/mol. The molecule has 3 aromatic rings. The third kappa shape index (κ3) is 5.25. The van der Waals surface area contributed by atoms with Gasteiger partial charge in [0.15, 0.2) is 6.10 Å². The monoisotopic (exact) mass is 452 g/mol. The minimum atomic E-state index is -1.31. The molecular formula is C24H25ClN4O3. The van der Waals surface area contributed by atoms with Crippen molar-refractivity contribution in [2.45, 2.75) is 32.9 Å². The van der Waals surface area contributed by atoms with Gasteiger partial charge in [0.05, 0.1) is 10.6 Å². The number of aryl methyl sites for hydroxylation is 1. The van der Waals surface area contributed by atoms with Crippen LogP contribution in [0.15, 0.2) is 54.7 Å². The number of halogens is 1. The van der Waals surface area contributed by atoms with E-state index in [2.05, 4.69) is 15.6 Å². The van der Waals surface area contributed by atoms with Crippen molar-refractivity contribution in [3.05, 3.63) is 76.4 Å². The number of aliphatic hydroxyl groups excluding tert-OH is 1. The van der Waals surface area contributed by atoms with Crippen LogP contribution in [0, 0.1) is 6.92 Å². The molecule has 32 heavy (non-hydrogen) atoms. The Labute approximate surface area is 191 Å². The third-order valence-electron chi connectivity index (χ3n) is 4.86. The van der Waals surface area contributed by atoms with Crippen molar-refractivity contribution in [2.75, 3.05) is 11.1 Å². The number of nitrogens with two attached hydrogens (primary N) is 1. The number of rotatable bonds is 6. The van der Waals surface area contributed by atoms with Crippen molar-refractivity contribution in [2.24, 2.45) is 0 Å². The van der Waals surface area contributed by atoms with Crippen LogP contribution in [0.5, 0.6) is 0 Å². The van der Waals surface area contributed by atoms with Crippen LogP contribution in [-0.4, -0.2) is 27.9 Å². The maximum absolute atomic E-state index is 12.5. The van der Waals surface area contributed by atoms with E-state index in [1.165, 1.54) is 6.20 Å². The number of benzene rings is 2. The van der Waals surface area contributed by atoms with Gasteiger partial charge in [-0.25, -0.2) is 4.98 Å². The van der Waals surface area contributed by atoms with E-state index in [9.17, 15) is 14.7 Å². The zero-order valence-corrected chi connectivity index (χ0v) is 18.8. The summed E-state index contributed by atoms with van der Waals surface area (Å²) >= 11 is 6.45. The molecule has 7 nitrogen and oxygen atoms in total. The number of hydrogen-bond acceptors (Lipinski definition) is 5. The Morgan fingerprint density at radius 1 is 1.12 bits per heavy atom. The maximum Gasteiger partial charge on any atom is 0.257 e. The molecule has 3 rings (SSSR count). The van der Waals surface area contributed by atoms with Gasteiger partial charge in [-0.05, 0) is 50.1 Å². The molecule has 0 aliphatic rings. The Hall–Kier alpha value is -3.42. The molecule has 0 radical (unpaired) electrons. The van der Waals surface area contributed by atoms with Gasteiger partial charge in [0.2, 0.25) is 0 Å². The van der Waals surface area contributed by atoms with Gasteiger partial charge in [-0.15, -0.1) is 0 Å². The lowest BCUT2D eigenvalue weighted by Crippen LogP contribution is -2.30. The number of nitrogen functional groups attached to an aromatic ring is 1. The quantitative estimate of drug-likeness (QED) is 0.449. The SMILES string of the molecule is Cc1ccccc1[C@H](O)C(=O)Nc1ccc(-c2cnc(N)c(C(=O)NC(C)C)c2)c(Cl)c1. The summed E-state index contributed by atoms with van der Waals surface area (Å²) in [5, 5.41) is 16.2. The van der Waals surface area contributed by atoms with Crippen LogP contribution >= 0.6 is 11.6 Å². The lowest BCUT2D eigenvalue weighted by Gasteiger charge is -2.15. The Kier molecular flexibility index (Phi) is 7.12. The molecule has 0 fully saturated rings. The highest BCUT2D eigenvalue weighted by molar-refractivity contribution is 6.33. The molecule has 1 heterocycles. The Balaban J connectivity index is 1.82. The summed E-state index contributed by atoms with van der Waals surface area (Å²) in [6.45, 7) is 5.53. The van der Waals surface area contributed by atoms with Crippen molar-refractivity contribution in [3.63, 3.8) is 0 Å². The minimum absolute atomic E-state index is 0.0490. The lowest BCUT2D eigenvalue weighted by atomic mass is 10.0. The number of nitrogens with zero attached hydrogens (tertiary/aromatic N) is 1. The van der Waals surface area contributed by atoms with Crippen molar-refractivity contribution in [1.29, 1.82) is 0 Å². The third-order valence-corrected chi connectivity index (χ3v) is 5.17. The second-order valence-corrected chi connectivity index (χ2v) is 8.14. The van der Waals surface area contributed by atoms with Gasteiger partial charge in [0, 0.05) is 29.1 Å². The number of carbonyl (C=O) groups excluding carboxylic acids is 2. The van der Waals surface area contributed by atoms with Crippen molar-refractivity contribution in [3.8, 4) is 11.1 Å². The Morgan fingerprint density at radius 3 is 2.50 bits per heavy atom. The second kappa shape index (κ2) is 9.80. The molecule has 0 saturated carbocycles. The number of aliphatic hydroxyl groups is 1. The fourth-order valence-corrected chi connectivity index (χ4v) is 3.51. The molecule has 0 unspecified atom stereocenters. The Bertz CT molecular complexity index is 1160. The van der Waals surface area contributed by atoms with Gasteiger partial charge in [-0.1, -0.05) is 41.9 Å². The van der Waals surface area contributed by atoms with E-state index in [1.54, 1.807) is 36.4 Å². The molecule has 1 atom stereocenters. The van der Waals surface area contributed by atoms with E-state index in [0.717, 1.165) is 5.56 Å². The highest BCUT2D eigenvalue weighted by Crippen LogP contribution is 2.32. The summed E-state index contributed by atoms with van der Waals surface area (Å²) in [6.07, 6.45) is 0.223. The highest BCUT2D eigenvalue weighted by atomic mass is 35.5. The number of amides is 2. The van der Waals surface area contributed by atoms with Crippen molar-refractivity contribution in [1.82, 2.24) is 10.3 Å². The molecule has 166 valence electrons. The predicted molar refractivity (Wildman–Crippen MR) is 126 cm³/mol. The summed E-state index contributed by atoms with van der Waals surface area (Å²) in [7, 11) is 0. The largest absolute Gasteiger partial charge is 0.383 e. The lowest BCUT2D eigenvalue weighted by molar-refractivity contribution is -0.124. The molecule has 0 bridgehead atoms. The summed E-state index contributed by atoms with van der Waals surface area (Å²) < 4.78 is 0. The molecule has 5 N–H and O–H groups in total. The van der Waals surface area contributed by atoms with Crippen LogP contribution in [-0.2, 0) is 4.79 Å². The zero-order valence-electron chi connectivity index (χ0n) is 18.0. The molecule has 2 amide bonds. The summed E-state index contributed by atoms with van der Waals surface area (Å²) in [5.74, 6) is -0.765. The topological polar surface area (TPSA) is 117 Å². The predicted octanol–water partition coefficient (Wildman–Crippen LogP) is 4.10. The van der Waals surface area contributed by atoms with E-state index in [0.29, 0.717) is 27.4 Å². The van der Waals surface area contributed by atoms with E-state index >= 15 is 0 Å². The van der Waals surface area contributed by atoms with Gasteiger partial charge in [0.1, 0.15) is 5.82 Å². The number of pyridine rings is 1. The first-order valence-corrected chi connectivity index (χ1v) is 10.5. The maximum atomic E-state index is 12.5.